The Kier molecular flexibility index (Phi) is 5.40. The van der Waals surface area contributed by atoms with Gasteiger partial charge in [-0.2, -0.15) is 0 Å². The number of hydrogen-bond acceptors (Lipinski definition) is 2. The molecule has 5 heteroatoms. The molecule has 0 aliphatic rings. The summed E-state index contributed by atoms with van der Waals surface area (Å²) in [5.41, 5.74) is 2.21. The number of rotatable bonds is 4. The summed E-state index contributed by atoms with van der Waals surface area (Å²) in [5, 5.41) is 3.32. The molecule has 1 unspecified atom stereocenters. The predicted octanol–water partition coefficient (Wildman–Crippen LogP) is 4.13. The van der Waals surface area contributed by atoms with Crippen LogP contribution in [0.5, 0.6) is 0 Å². The van der Waals surface area contributed by atoms with Gasteiger partial charge in [0.1, 0.15) is 0 Å². The first-order chi connectivity index (χ1) is 10.9. The maximum atomic E-state index is 12.6. The molecule has 2 aromatic rings. The van der Waals surface area contributed by atoms with E-state index in [4.69, 9.17) is 11.6 Å². The van der Waals surface area contributed by atoms with Crippen LogP contribution >= 0.6 is 11.6 Å². The SMILES string of the molecule is CC(=O)Nc1ccc(C(=O)N(C)C(C)c2cccc(Cl)c2)cc1. The van der Waals surface area contributed by atoms with Gasteiger partial charge in [-0.3, -0.25) is 9.59 Å². The van der Waals surface area contributed by atoms with Crippen LogP contribution in [-0.4, -0.2) is 23.8 Å². The van der Waals surface area contributed by atoms with Gasteiger partial charge in [-0.05, 0) is 48.9 Å². The molecule has 4 nitrogen and oxygen atoms in total. The van der Waals surface area contributed by atoms with Crippen molar-refractivity contribution in [3.63, 3.8) is 0 Å². The van der Waals surface area contributed by atoms with E-state index in [1.165, 1.54) is 6.92 Å². The summed E-state index contributed by atoms with van der Waals surface area (Å²) in [7, 11) is 1.76. The fourth-order valence-electron chi connectivity index (χ4n) is 2.27. The molecule has 0 spiro atoms. The molecule has 0 bridgehead atoms. The molecule has 0 aliphatic carbocycles. The number of carbonyl (C=O) groups excluding carboxylic acids is 2. The quantitative estimate of drug-likeness (QED) is 0.916. The highest BCUT2D eigenvalue weighted by atomic mass is 35.5. The fourth-order valence-corrected chi connectivity index (χ4v) is 2.47. The van der Waals surface area contributed by atoms with Crippen molar-refractivity contribution < 1.29 is 9.59 Å². The van der Waals surface area contributed by atoms with Crippen molar-refractivity contribution in [2.24, 2.45) is 0 Å². The van der Waals surface area contributed by atoms with Crippen molar-refractivity contribution in [1.82, 2.24) is 4.90 Å². The summed E-state index contributed by atoms with van der Waals surface area (Å²) in [5.74, 6) is -0.234. The van der Waals surface area contributed by atoms with Crippen LogP contribution in [0.3, 0.4) is 0 Å². The topological polar surface area (TPSA) is 49.4 Å². The number of nitrogens with one attached hydrogen (secondary N) is 1. The predicted molar refractivity (Wildman–Crippen MR) is 92.7 cm³/mol. The van der Waals surface area contributed by atoms with E-state index < -0.39 is 0 Å². The van der Waals surface area contributed by atoms with Gasteiger partial charge in [0.25, 0.3) is 5.91 Å². The maximum Gasteiger partial charge on any atom is 0.254 e. The van der Waals surface area contributed by atoms with Crippen molar-refractivity contribution in [3.8, 4) is 0 Å². The van der Waals surface area contributed by atoms with Gasteiger partial charge in [-0.1, -0.05) is 23.7 Å². The smallest absolute Gasteiger partial charge is 0.254 e. The van der Waals surface area contributed by atoms with Gasteiger partial charge in [0.05, 0.1) is 6.04 Å². The normalized spacial score (nSPS) is 11.7. The number of halogens is 1. The van der Waals surface area contributed by atoms with E-state index in [2.05, 4.69) is 5.32 Å². The molecule has 0 saturated carbocycles. The van der Waals surface area contributed by atoms with E-state index >= 15 is 0 Å². The number of carbonyl (C=O) groups is 2. The lowest BCUT2D eigenvalue weighted by atomic mass is 10.1. The maximum absolute atomic E-state index is 12.6. The molecule has 0 aromatic heterocycles. The largest absolute Gasteiger partial charge is 0.335 e. The van der Waals surface area contributed by atoms with Crippen LogP contribution in [-0.2, 0) is 4.79 Å². The number of benzene rings is 2. The van der Waals surface area contributed by atoms with Gasteiger partial charge >= 0.3 is 0 Å². The molecule has 2 aromatic carbocycles. The summed E-state index contributed by atoms with van der Waals surface area (Å²) in [6, 6.07) is 14.2. The van der Waals surface area contributed by atoms with E-state index in [0.29, 0.717) is 16.3 Å². The van der Waals surface area contributed by atoms with Crippen LogP contribution in [0.25, 0.3) is 0 Å². The standard InChI is InChI=1S/C18H19ClN2O2/c1-12(15-5-4-6-16(19)11-15)21(3)18(23)14-7-9-17(10-8-14)20-13(2)22/h4-12H,1-3H3,(H,20,22). The van der Waals surface area contributed by atoms with E-state index in [0.717, 1.165) is 5.56 Å². The molecular weight excluding hydrogens is 312 g/mol. The summed E-state index contributed by atoms with van der Waals surface area (Å²) in [4.78, 5) is 25.3. The molecule has 0 fully saturated rings. The van der Waals surface area contributed by atoms with E-state index in [1.807, 2.05) is 25.1 Å². The van der Waals surface area contributed by atoms with Crippen LogP contribution in [0.2, 0.25) is 5.02 Å². The first kappa shape index (κ1) is 17.0. The van der Waals surface area contributed by atoms with Crippen LogP contribution in [0.4, 0.5) is 5.69 Å². The number of nitrogens with zero attached hydrogens (tertiary/aromatic N) is 1. The summed E-state index contributed by atoms with van der Waals surface area (Å²) in [6.45, 7) is 3.40. The Morgan fingerprint density at radius 2 is 1.78 bits per heavy atom. The molecule has 0 saturated heterocycles. The lowest BCUT2D eigenvalue weighted by Crippen LogP contribution is -2.29. The fraction of sp³-hybridized carbons (Fsp3) is 0.222. The third-order valence-corrected chi connectivity index (χ3v) is 3.92. The zero-order valence-electron chi connectivity index (χ0n) is 13.3. The Hall–Kier alpha value is -2.33. The molecule has 120 valence electrons. The monoisotopic (exact) mass is 330 g/mol. The highest BCUT2D eigenvalue weighted by Gasteiger charge is 2.19. The molecule has 2 rings (SSSR count). The second-order valence-electron chi connectivity index (χ2n) is 5.41. The van der Waals surface area contributed by atoms with Gasteiger partial charge < -0.3 is 10.2 Å². The first-order valence-corrected chi connectivity index (χ1v) is 7.66. The van der Waals surface area contributed by atoms with Crippen molar-refractivity contribution in [3.05, 3.63) is 64.7 Å². The molecular formula is C18H19ClN2O2. The minimum atomic E-state index is -0.143. The van der Waals surface area contributed by atoms with Crippen molar-refractivity contribution >= 4 is 29.1 Å². The summed E-state index contributed by atoms with van der Waals surface area (Å²) < 4.78 is 0. The van der Waals surface area contributed by atoms with Gasteiger partial charge in [-0.25, -0.2) is 0 Å². The van der Waals surface area contributed by atoms with Crippen molar-refractivity contribution in [2.75, 3.05) is 12.4 Å². The molecule has 1 N–H and O–H groups in total. The van der Waals surface area contributed by atoms with Crippen LogP contribution in [0.15, 0.2) is 48.5 Å². The lowest BCUT2D eigenvalue weighted by molar-refractivity contribution is -0.114. The van der Waals surface area contributed by atoms with E-state index in [1.54, 1.807) is 42.3 Å². The highest BCUT2D eigenvalue weighted by Crippen LogP contribution is 2.23. The Bertz CT molecular complexity index is 713. The summed E-state index contributed by atoms with van der Waals surface area (Å²) in [6.07, 6.45) is 0. The third kappa shape index (κ3) is 4.33. The highest BCUT2D eigenvalue weighted by molar-refractivity contribution is 6.30. The molecule has 0 heterocycles. The first-order valence-electron chi connectivity index (χ1n) is 7.29. The molecule has 23 heavy (non-hydrogen) atoms. The van der Waals surface area contributed by atoms with Crippen molar-refractivity contribution in [1.29, 1.82) is 0 Å². The average Bonchev–Trinajstić information content (AvgIpc) is 2.53. The lowest BCUT2D eigenvalue weighted by Gasteiger charge is -2.25. The second-order valence-corrected chi connectivity index (χ2v) is 5.84. The molecule has 0 radical (unpaired) electrons. The van der Waals surface area contributed by atoms with Crippen LogP contribution in [0.1, 0.15) is 35.8 Å². The zero-order chi connectivity index (χ0) is 17.0. The van der Waals surface area contributed by atoms with Crippen molar-refractivity contribution in [2.45, 2.75) is 19.9 Å². The Balaban J connectivity index is 2.14. The van der Waals surface area contributed by atoms with E-state index in [-0.39, 0.29) is 17.9 Å². The number of amides is 2. The second kappa shape index (κ2) is 7.29. The van der Waals surface area contributed by atoms with Gasteiger partial charge in [0.2, 0.25) is 5.91 Å². The van der Waals surface area contributed by atoms with Crippen LogP contribution in [0, 0.1) is 0 Å². The number of hydrogen-bond donors (Lipinski definition) is 1. The Morgan fingerprint density at radius 3 is 2.35 bits per heavy atom. The van der Waals surface area contributed by atoms with E-state index in [9.17, 15) is 9.59 Å². The molecule has 0 aliphatic heterocycles. The minimum absolute atomic E-state index is 0.0909. The average molecular weight is 331 g/mol. The van der Waals surface area contributed by atoms with Crippen LogP contribution < -0.4 is 5.32 Å². The zero-order valence-corrected chi connectivity index (χ0v) is 14.1. The Labute approximate surface area is 141 Å². The minimum Gasteiger partial charge on any atom is -0.335 e. The van der Waals surface area contributed by atoms with Gasteiger partial charge in [0.15, 0.2) is 0 Å². The van der Waals surface area contributed by atoms with Gasteiger partial charge in [0, 0.05) is 30.2 Å². The number of anilines is 1. The molecule has 1 atom stereocenters. The third-order valence-electron chi connectivity index (χ3n) is 3.68. The van der Waals surface area contributed by atoms with Gasteiger partial charge in [-0.15, -0.1) is 0 Å². The summed E-state index contributed by atoms with van der Waals surface area (Å²) >= 11 is 6.01. The molecule has 2 amide bonds. The Morgan fingerprint density at radius 1 is 1.13 bits per heavy atom.